The molecule has 0 aliphatic carbocycles. The first-order valence-electron chi connectivity index (χ1n) is 37.1. The molecule has 2 N–H and O–H groups in total. The van der Waals surface area contributed by atoms with E-state index in [9.17, 15) is 4.79 Å². The van der Waals surface area contributed by atoms with Crippen molar-refractivity contribution in [1.29, 1.82) is 0 Å². The van der Waals surface area contributed by atoms with Gasteiger partial charge in [-0.2, -0.15) is 0 Å². The summed E-state index contributed by atoms with van der Waals surface area (Å²) < 4.78 is 20.1. The van der Waals surface area contributed by atoms with E-state index >= 15 is 9.59 Å². The third-order valence-electron chi connectivity index (χ3n) is 21.7. The number of hydrogen-bond donors (Lipinski definition) is 2. The van der Waals surface area contributed by atoms with Crippen molar-refractivity contribution in [3.8, 4) is 0 Å². The minimum atomic E-state index is -2.48. The number of benzene rings is 9. The summed E-state index contributed by atoms with van der Waals surface area (Å²) >= 11 is 0. The topological polar surface area (TPSA) is 136 Å². The van der Waals surface area contributed by atoms with E-state index in [4.69, 9.17) is 24.2 Å². The Kier molecular flexibility index (Phi) is 27.6. The average molecular weight is 1700 g/mol. The standard InChI is InChI=1S/C94H89N4O6P3.3BrH/c1-7-79-66(3)83-63-85-68(5)81(54-55-89(99)102-56-59-105(70-36-18-9-19-37-70,71-38-20-10-21-39-71)72-40-22-11-23-41-72)92(97-85)82(62-90(100)103-57-60-106(73-42-24-12-25-43-73,74-44-26-13-27-45-74)75-46-28-14-29-47-75)93-91(69(6)86(98-93)65-88-80(8-2)67(4)84(96-88)64-87(79)95-83)94(101)104-58-61-107(76-48-30-15-31-49-76,77-50-32-16-33-51-77)78-52-34-17-35-53-78;;;/h7,9-53,63-65,68,81H,1,8,54-62H2,2-6H3,(H-,95,96,97,98,101);3*1H/q+2;;;/p-2/t68-,81-;;;/m0.../s1. The molecule has 12 aromatic rings. The van der Waals surface area contributed by atoms with Crippen LogP contribution in [0.1, 0.15) is 107 Å². The van der Waals surface area contributed by atoms with Gasteiger partial charge in [0.15, 0.2) is 0 Å². The number of carbonyl (C=O) groups is 3. The molecular weight excluding hydrogens is 1610 g/mol. The molecule has 110 heavy (non-hydrogen) atoms. The highest BCUT2D eigenvalue weighted by atomic mass is 79.9. The maximum absolute atomic E-state index is 16.2. The Morgan fingerprint density at radius 1 is 0.445 bits per heavy atom. The lowest BCUT2D eigenvalue weighted by Gasteiger charge is -2.27. The number of allylic oxidation sites excluding steroid dienone is 2. The zero-order valence-corrected chi connectivity index (χ0v) is 70.0. The second kappa shape index (κ2) is 37.2. The van der Waals surface area contributed by atoms with E-state index in [1.165, 1.54) is 31.8 Å². The molecule has 2 atom stereocenters. The molecule has 0 spiro atoms. The number of rotatable bonds is 26. The van der Waals surface area contributed by atoms with Gasteiger partial charge in [-0.15, -0.1) is 0 Å². The third kappa shape index (κ3) is 16.5. The third-order valence-corrected chi connectivity index (χ3v) is 34.9. The Morgan fingerprint density at radius 3 is 1.17 bits per heavy atom. The summed E-state index contributed by atoms with van der Waals surface area (Å²) in [5, 5.41) is 10.6. The van der Waals surface area contributed by atoms with Crippen molar-refractivity contribution in [2.75, 3.05) is 38.3 Å². The van der Waals surface area contributed by atoms with Gasteiger partial charge in [-0.25, -0.2) is 9.78 Å². The second-order valence-corrected chi connectivity index (χ2v) is 38.4. The molecule has 14 rings (SSSR count). The summed E-state index contributed by atoms with van der Waals surface area (Å²) in [5.41, 5.74) is 10.9. The van der Waals surface area contributed by atoms with E-state index in [1.807, 2.05) is 73.7 Å². The van der Waals surface area contributed by atoms with Gasteiger partial charge < -0.3 is 75.1 Å². The lowest BCUT2D eigenvalue weighted by Crippen LogP contribution is -3.00. The molecular formula is C94H90Br3N4O6P3. The number of halogens is 3. The number of aromatic amines is 2. The van der Waals surface area contributed by atoms with Crippen LogP contribution in [-0.4, -0.2) is 76.2 Å². The van der Waals surface area contributed by atoms with Crippen molar-refractivity contribution < 1.29 is 79.5 Å². The Balaban J connectivity index is 0.00000400. The molecule has 5 heterocycles. The van der Waals surface area contributed by atoms with Gasteiger partial charge in [0.2, 0.25) is 0 Å². The second-order valence-electron chi connectivity index (χ2n) is 27.6. The lowest BCUT2D eigenvalue weighted by atomic mass is 9.85. The van der Waals surface area contributed by atoms with Gasteiger partial charge in [-0.3, -0.25) is 14.6 Å². The minimum absolute atomic E-state index is 0. The Bertz CT molecular complexity index is 5080. The van der Waals surface area contributed by atoms with Crippen LogP contribution in [0.25, 0.3) is 39.3 Å². The van der Waals surface area contributed by atoms with Gasteiger partial charge in [-0.05, 0) is 183 Å². The highest BCUT2D eigenvalue weighted by Crippen LogP contribution is 2.58. The molecule has 0 fully saturated rings. The predicted molar refractivity (Wildman–Crippen MR) is 450 cm³/mol. The fourth-order valence-corrected chi connectivity index (χ4v) is 28.4. The summed E-state index contributed by atoms with van der Waals surface area (Å²) in [6.07, 6.45) is 4.21. The quantitative estimate of drug-likeness (QED) is 0.0314. The average Bonchev–Trinajstić information content (AvgIpc) is 1.20. The van der Waals surface area contributed by atoms with E-state index in [1.54, 1.807) is 0 Å². The number of fused-ring (bicyclic) bond motifs is 8. The predicted octanol–water partition coefficient (Wildman–Crippen LogP) is 8.36. The van der Waals surface area contributed by atoms with Gasteiger partial charge in [0, 0.05) is 51.6 Å². The number of aromatic nitrogens is 4. The zero-order chi connectivity index (χ0) is 73.9. The fourth-order valence-electron chi connectivity index (χ4n) is 16.2. The van der Waals surface area contributed by atoms with E-state index in [2.05, 4.69) is 275 Å². The number of carbonyl (C=O) groups excluding carboxylic acids is 3. The van der Waals surface area contributed by atoms with Gasteiger partial charge >= 0.3 is 17.9 Å². The molecule has 0 radical (unpaired) electrons. The molecule has 0 saturated heterocycles. The molecule has 0 saturated carbocycles. The van der Waals surface area contributed by atoms with Gasteiger partial charge in [0.1, 0.15) is 108 Å². The number of esters is 3. The van der Waals surface area contributed by atoms with Crippen LogP contribution in [0.5, 0.6) is 0 Å². The largest absolute Gasteiger partial charge is 1.00 e. The van der Waals surface area contributed by atoms with E-state index < -0.39 is 39.6 Å². The van der Waals surface area contributed by atoms with Crippen molar-refractivity contribution in [3.63, 3.8) is 0 Å². The number of aryl methyl sites for hydroxylation is 2. The fraction of sp³-hybridized carbons (Fsp3) is 0.181. The lowest BCUT2D eigenvalue weighted by molar-refractivity contribution is -0.143. The van der Waals surface area contributed by atoms with Crippen LogP contribution in [0.4, 0.5) is 0 Å². The van der Waals surface area contributed by atoms with Crippen LogP contribution in [0.2, 0.25) is 0 Å². The van der Waals surface area contributed by atoms with Crippen molar-refractivity contribution in [2.45, 2.75) is 72.1 Å². The maximum atomic E-state index is 16.2. The van der Waals surface area contributed by atoms with E-state index in [-0.39, 0.29) is 101 Å². The van der Waals surface area contributed by atoms with Crippen molar-refractivity contribution in [3.05, 3.63) is 348 Å². The van der Waals surface area contributed by atoms with Crippen LogP contribution >= 0.6 is 21.8 Å². The monoisotopic (exact) mass is 1700 g/mol. The first-order chi connectivity index (χ1) is 52.4. The van der Waals surface area contributed by atoms with E-state index in [0.717, 1.165) is 66.3 Å². The van der Waals surface area contributed by atoms with Crippen molar-refractivity contribution >= 4 is 127 Å². The Hall–Kier alpha value is -9.28. The summed E-state index contributed by atoms with van der Waals surface area (Å²) in [5.74, 6) is -2.21. The summed E-state index contributed by atoms with van der Waals surface area (Å²) in [7, 11) is -7.28. The molecule has 558 valence electrons. The normalized spacial score (nSPS) is 13.4. The number of nitrogens with zero attached hydrogens (tertiary/aromatic N) is 2. The first-order valence-corrected chi connectivity index (χ1v) is 43.0. The number of H-pyrrole nitrogens is 2. The summed E-state index contributed by atoms with van der Waals surface area (Å²) in [4.78, 5) is 65.7. The van der Waals surface area contributed by atoms with Crippen molar-refractivity contribution in [1.82, 2.24) is 19.9 Å². The zero-order valence-electron chi connectivity index (χ0n) is 62.5. The van der Waals surface area contributed by atoms with Gasteiger partial charge in [0.05, 0.1) is 34.6 Å². The van der Waals surface area contributed by atoms with Gasteiger partial charge in [-0.1, -0.05) is 190 Å². The van der Waals surface area contributed by atoms with Crippen LogP contribution in [0.15, 0.2) is 298 Å². The molecule has 2 aliphatic rings. The molecule has 16 heteroatoms. The molecule has 3 aromatic heterocycles. The number of nitrogens with one attached hydrogen (secondary N) is 2. The smallest absolute Gasteiger partial charge is 0.340 e. The molecule has 2 aliphatic heterocycles. The molecule has 8 bridgehead atoms. The number of ether oxygens (including phenoxy) is 3. The molecule has 0 amide bonds. The maximum Gasteiger partial charge on any atom is 0.340 e. The molecule has 10 nitrogen and oxygen atoms in total. The first kappa shape index (κ1) is 81.7. The minimum Gasteiger partial charge on any atom is -1.00 e. The Labute approximate surface area is 679 Å². The molecule has 0 unspecified atom stereocenters. The Morgan fingerprint density at radius 2 is 0.800 bits per heavy atom. The summed E-state index contributed by atoms with van der Waals surface area (Å²) in [6.45, 7) is 15.0. The highest BCUT2D eigenvalue weighted by molar-refractivity contribution is 7.96. The van der Waals surface area contributed by atoms with Crippen molar-refractivity contribution in [2.24, 2.45) is 0 Å². The molecule has 9 aromatic carbocycles. The van der Waals surface area contributed by atoms with Crippen LogP contribution < -0.4 is 98.7 Å². The van der Waals surface area contributed by atoms with E-state index in [0.29, 0.717) is 59.2 Å². The van der Waals surface area contributed by atoms with Crippen LogP contribution in [-0.2, 0) is 30.2 Å². The highest BCUT2D eigenvalue weighted by Gasteiger charge is 2.48. The van der Waals surface area contributed by atoms with Gasteiger partial charge in [0.25, 0.3) is 0 Å². The van der Waals surface area contributed by atoms with Crippen LogP contribution in [0, 0.1) is 13.8 Å². The number of hydrogen-bond acceptors (Lipinski definition) is 8. The van der Waals surface area contributed by atoms with Crippen LogP contribution in [0.3, 0.4) is 0 Å². The SMILES string of the molecule is C=Cc1c(C)c2cc3nc(c(CC(=O)OCC[P+](c4ccccc4)(c4ccccc4)c4ccccc4)c4[nH]c(cc5nc(cc1[nH]2)C(C)=C5CC)c(C)c4C(=O)OCC[P+](c1ccccc1)(c1ccccc1)c1ccccc1)[C@@H](CCC(=O)OCC[P+](c1ccccc1)(c1ccccc1)c1ccccc1)[C@@H]3C.[Br-].[Br-].[Br-]. The summed E-state index contributed by atoms with van der Waals surface area (Å²) in [6, 6.07) is 102.